The summed E-state index contributed by atoms with van der Waals surface area (Å²) in [7, 11) is -6.17. The summed E-state index contributed by atoms with van der Waals surface area (Å²) in [4.78, 5) is 23.0. The average Bonchev–Trinajstić information content (AvgIpc) is 2.90. The van der Waals surface area contributed by atoms with Gasteiger partial charge in [0.15, 0.2) is 25.8 Å². The fourth-order valence-electron chi connectivity index (χ4n) is 3.16. The number of piperazine rings is 1. The monoisotopic (exact) mass is 466 g/mol. The number of amides is 1. The van der Waals surface area contributed by atoms with Crippen LogP contribution in [-0.4, -0.2) is 73.6 Å². The fourth-order valence-corrected chi connectivity index (χ4v) is 3.16. The Hall–Kier alpha value is -3.95. The van der Waals surface area contributed by atoms with Crippen LogP contribution >= 0.6 is 0 Å². The van der Waals surface area contributed by atoms with E-state index in [-0.39, 0.29) is 33.0 Å². The molecule has 3 heterocycles. The molecule has 10 heteroatoms. The maximum Gasteiger partial charge on any atom is 0.267 e. The molecule has 0 spiro atoms. The largest absolute Gasteiger partial charge is 0.493 e. The van der Waals surface area contributed by atoms with Crippen LogP contribution in [0.2, 0.25) is 2.82 Å². The van der Waals surface area contributed by atoms with Crippen LogP contribution in [0, 0.1) is 0 Å². The first-order valence-corrected chi connectivity index (χ1v) is 9.42. The summed E-state index contributed by atoms with van der Waals surface area (Å²) in [5, 5.41) is -0.200. The Kier molecular flexibility index (Phi) is 2.56. The number of methoxy groups -OCH3 is 2. The van der Waals surface area contributed by atoms with Crippen molar-refractivity contribution in [3.8, 4) is 23.0 Å². The van der Waals surface area contributed by atoms with E-state index in [1.54, 1.807) is 0 Å². The summed E-state index contributed by atoms with van der Waals surface area (Å²) in [6.45, 7) is -11.0. The summed E-state index contributed by atoms with van der Waals surface area (Å²) in [6.07, 6.45) is -3.30. The van der Waals surface area contributed by atoms with Crippen molar-refractivity contribution in [2.75, 3.05) is 57.3 Å². The Morgan fingerprint density at radius 2 is 1.97 bits per heavy atom. The minimum Gasteiger partial charge on any atom is -0.493 e. The van der Waals surface area contributed by atoms with Crippen LogP contribution < -0.4 is 29.6 Å². The minimum absolute atomic E-state index is 0.00975. The predicted molar refractivity (Wildman–Crippen MR) is 122 cm³/mol. The van der Waals surface area contributed by atoms with Crippen LogP contribution in [0.1, 0.15) is 17.8 Å². The van der Waals surface area contributed by atoms with Gasteiger partial charge in [0.05, 0.1) is 37.4 Å². The Labute approximate surface area is 212 Å². The summed E-state index contributed by atoms with van der Waals surface area (Å²) in [6, 6.07) is 7.40. The first kappa shape index (κ1) is 9.90. The highest BCUT2D eigenvalue weighted by atomic mass is 16.6. The second-order valence-corrected chi connectivity index (χ2v) is 6.76. The number of rotatable bonds is 5. The molecule has 1 atom stereocenters. The molecule has 1 unspecified atom stereocenters. The molecule has 0 saturated carbocycles. The van der Waals surface area contributed by atoms with Crippen molar-refractivity contribution in [2.24, 2.45) is 0 Å². The van der Waals surface area contributed by atoms with E-state index < -0.39 is 82.0 Å². The number of ether oxygens (including phenoxy) is 4. The van der Waals surface area contributed by atoms with Crippen LogP contribution in [-0.2, 0) is 4.79 Å². The van der Waals surface area contributed by atoms with Crippen molar-refractivity contribution in [1.82, 2.24) is 14.9 Å². The van der Waals surface area contributed by atoms with Crippen LogP contribution in [0.15, 0.2) is 36.4 Å². The van der Waals surface area contributed by atoms with E-state index in [1.807, 2.05) is 0 Å². The number of anilines is 2. The zero-order chi connectivity index (χ0) is 35.8. The minimum atomic E-state index is -3.30. The maximum absolute atomic E-state index is 13.8. The lowest BCUT2D eigenvalue weighted by Gasteiger charge is -2.37. The molecule has 0 radical (unpaired) electrons. The summed E-state index contributed by atoms with van der Waals surface area (Å²) >= 11 is 0. The highest BCUT2D eigenvalue weighted by Crippen LogP contribution is 2.34. The van der Waals surface area contributed by atoms with E-state index in [0.717, 1.165) is 17.0 Å². The van der Waals surface area contributed by atoms with Crippen molar-refractivity contribution >= 4 is 28.6 Å². The molecule has 10 nitrogen and oxygen atoms in total. The molecule has 2 aliphatic heterocycles. The predicted octanol–water partition coefficient (Wildman–Crippen LogP) is 1.72. The molecule has 1 amide bonds. The lowest BCUT2D eigenvalue weighted by atomic mass is 10.2. The first-order chi connectivity index (χ1) is 21.8. The number of benzene rings is 2. The Morgan fingerprint density at radius 1 is 1.21 bits per heavy atom. The third-order valence-corrected chi connectivity index (χ3v) is 4.78. The molecule has 2 aromatic carbocycles. The number of aromatic nitrogens is 2. The Bertz CT molecular complexity index is 1740. The quantitative estimate of drug-likeness (QED) is 0.600. The molecule has 33 heavy (non-hydrogen) atoms. The van der Waals surface area contributed by atoms with Crippen LogP contribution in [0.25, 0.3) is 10.9 Å². The number of hydrogen-bond acceptors (Lipinski definition) is 9. The second kappa shape index (κ2) is 8.53. The first-order valence-electron chi connectivity index (χ1n) is 16.8. The number of nitrogen functional groups attached to an aromatic ring is 1. The zero-order valence-corrected chi connectivity index (χ0v) is 16.7. The highest BCUT2D eigenvalue weighted by molar-refractivity contribution is 5.91. The molecular formula is C23H25N5O5. The molecule has 2 aliphatic rings. The van der Waals surface area contributed by atoms with Crippen LogP contribution in [0.4, 0.5) is 11.8 Å². The maximum atomic E-state index is 13.8. The van der Waals surface area contributed by atoms with E-state index in [4.69, 9.17) is 39.6 Å². The summed E-state index contributed by atoms with van der Waals surface area (Å²) in [5.41, 5.74) is -0.259. The van der Waals surface area contributed by atoms with Gasteiger partial charge in [-0.3, -0.25) is 4.79 Å². The van der Waals surface area contributed by atoms with E-state index in [2.05, 4.69) is 9.97 Å². The standard InChI is InChI=1S/C23H25N5O5/c1-30-18-11-14-15(12-19(18)31-2)25-23(26-21(14)24)28-9-7-27(8-10-28)22(29)20-13-32-16-5-3-4-6-17(16)33-20/h3-6,11-12,20H,7-10,13H2,1-2H3,(H2,24,25,26)/i1D3,2D3,7D2,8D2,13D2,20D/hD2. The van der Waals surface area contributed by atoms with Gasteiger partial charge in [-0.15, -0.1) is 0 Å². The molecule has 0 bridgehead atoms. The van der Waals surface area contributed by atoms with Gasteiger partial charge in [0.1, 0.15) is 12.4 Å². The number of carbonyl (C=O) groups is 1. The lowest BCUT2D eigenvalue weighted by Crippen LogP contribution is -2.54. The average molecular weight is 467 g/mol. The van der Waals surface area contributed by atoms with Gasteiger partial charge in [0.2, 0.25) is 12.0 Å². The molecular weight excluding hydrogens is 426 g/mol. The molecule has 1 aromatic heterocycles. The van der Waals surface area contributed by atoms with Gasteiger partial charge in [-0.25, -0.2) is 4.98 Å². The number of carbonyl (C=O) groups excluding carboxylic acids is 1. The van der Waals surface area contributed by atoms with Gasteiger partial charge in [-0.2, -0.15) is 4.98 Å². The van der Waals surface area contributed by atoms with E-state index in [1.165, 1.54) is 24.3 Å². The van der Waals surface area contributed by atoms with Crippen molar-refractivity contribution in [3.05, 3.63) is 36.4 Å². The van der Waals surface area contributed by atoms with Gasteiger partial charge < -0.3 is 34.5 Å². The molecule has 1 saturated heterocycles. The second-order valence-electron chi connectivity index (χ2n) is 6.76. The smallest absolute Gasteiger partial charge is 0.267 e. The van der Waals surface area contributed by atoms with Gasteiger partial charge in [0, 0.05) is 37.5 Å². The van der Waals surface area contributed by atoms with Gasteiger partial charge >= 0.3 is 0 Å². The van der Waals surface area contributed by atoms with E-state index in [0.29, 0.717) is 0 Å². The number of para-hydroxylation sites is 2. The molecule has 3 aromatic rings. The van der Waals surface area contributed by atoms with Crippen LogP contribution in [0.5, 0.6) is 23.0 Å². The summed E-state index contributed by atoms with van der Waals surface area (Å²) in [5.74, 6) is -4.38. The SMILES string of the molecule is [2H]N([2H])c1nc(N2CC([2H])([2H])N(C(=O)C3([2H])Oc4ccccc4OC3([2H])[2H])C([2H])([2H])C2)nc2cc(OC([2H])([2H])[2H])c(OC([2H])([2H])[2H])cc12. The van der Waals surface area contributed by atoms with Crippen LogP contribution in [0.3, 0.4) is 0 Å². The Balaban J connectivity index is 1.56. The number of nitrogens with zero attached hydrogens (tertiary/aromatic N) is 4. The lowest BCUT2D eigenvalue weighted by molar-refractivity contribution is -0.141. The topological polar surface area (TPSA) is 112 Å². The third kappa shape index (κ3) is 3.88. The zero-order valence-electron chi connectivity index (χ0n) is 31.7. The molecule has 0 aliphatic carbocycles. The fraction of sp³-hybridized carbons (Fsp3) is 0.348. The molecule has 1 fully saturated rings. The normalized spacial score (nSPS) is 31.8. The Morgan fingerprint density at radius 3 is 2.73 bits per heavy atom. The van der Waals surface area contributed by atoms with Gasteiger partial charge in [-0.1, -0.05) is 12.1 Å². The molecule has 172 valence electrons. The number of nitrogens with two attached hydrogens (primary N) is 1. The molecule has 5 rings (SSSR count). The number of fused-ring (bicyclic) bond motifs is 2. The number of hydrogen-bond donors (Lipinski definition) is 1. The van der Waals surface area contributed by atoms with E-state index >= 15 is 0 Å². The third-order valence-electron chi connectivity index (χ3n) is 4.78. The van der Waals surface area contributed by atoms with E-state index in [9.17, 15) is 4.79 Å². The van der Waals surface area contributed by atoms with Gasteiger partial charge in [0.25, 0.3) is 5.91 Å². The van der Waals surface area contributed by atoms with Crippen molar-refractivity contribution in [1.29, 1.82) is 0 Å². The van der Waals surface area contributed by atoms with Crippen molar-refractivity contribution < 1.29 is 44.4 Å². The van der Waals surface area contributed by atoms with Crippen molar-refractivity contribution in [3.63, 3.8) is 0 Å². The summed E-state index contributed by atoms with van der Waals surface area (Å²) < 4.78 is 140. The highest BCUT2D eigenvalue weighted by Gasteiger charge is 2.33. The van der Waals surface area contributed by atoms with Gasteiger partial charge in [-0.05, 0) is 18.2 Å². The molecule has 2 N–H and O–H groups in total. The van der Waals surface area contributed by atoms with Crippen molar-refractivity contribution in [2.45, 2.75) is 6.08 Å².